The van der Waals surface area contributed by atoms with Gasteiger partial charge in [-0.1, -0.05) is 18.2 Å². The first-order valence-corrected chi connectivity index (χ1v) is 8.31. The van der Waals surface area contributed by atoms with Crippen LogP contribution in [0.15, 0.2) is 36.7 Å². The van der Waals surface area contributed by atoms with Gasteiger partial charge >= 0.3 is 0 Å². The van der Waals surface area contributed by atoms with Crippen molar-refractivity contribution < 1.29 is 20.1 Å². The molecule has 1 saturated heterocycles. The molecule has 4 atom stereocenters. The van der Waals surface area contributed by atoms with Crippen molar-refractivity contribution in [2.45, 2.75) is 24.5 Å². The number of fused-ring (bicyclic) bond motifs is 1. The molecule has 1 aliphatic heterocycles. The smallest absolute Gasteiger partial charge is 0.226 e. The topological polar surface area (TPSA) is 126 Å². The van der Waals surface area contributed by atoms with E-state index in [0.717, 1.165) is 5.69 Å². The molecule has 0 bridgehead atoms. The Kier molecular flexibility index (Phi) is 4.47. The molecule has 136 valence electrons. The largest absolute Gasteiger partial charge is 0.394 e. The molecule has 4 rings (SSSR count). The van der Waals surface area contributed by atoms with E-state index in [1.165, 1.54) is 10.9 Å². The van der Waals surface area contributed by atoms with Crippen LogP contribution in [0.1, 0.15) is 6.23 Å². The molecule has 10 heteroatoms. The van der Waals surface area contributed by atoms with Gasteiger partial charge in [-0.15, -0.1) is 0 Å². The van der Waals surface area contributed by atoms with E-state index in [1.54, 1.807) is 0 Å². The van der Waals surface area contributed by atoms with Gasteiger partial charge in [-0.25, -0.2) is 4.98 Å². The number of para-hydroxylation sites is 1. The van der Waals surface area contributed by atoms with E-state index in [-0.39, 0.29) is 5.28 Å². The Balaban J connectivity index is 1.75. The van der Waals surface area contributed by atoms with Crippen LogP contribution in [0.3, 0.4) is 0 Å². The number of halogens is 1. The summed E-state index contributed by atoms with van der Waals surface area (Å²) in [6.45, 7) is -0.419. The quantitative estimate of drug-likeness (QED) is 0.493. The third-order valence-corrected chi connectivity index (χ3v) is 4.39. The zero-order valence-corrected chi connectivity index (χ0v) is 14.2. The second-order valence-corrected chi connectivity index (χ2v) is 6.22. The fraction of sp³-hybridized carbons (Fsp3) is 0.312. The van der Waals surface area contributed by atoms with Crippen molar-refractivity contribution in [3.8, 4) is 0 Å². The lowest BCUT2D eigenvalue weighted by Crippen LogP contribution is -2.33. The van der Waals surface area contributed by atoms with Crippen LogP contribution < -0.4 is 5.32 Å². The molecule has 3 heterocycles. The lowest BCUT2D eigenvalue weighted by molar-refractivity contribution is -0.0511. The third kappa shape index (κ3) is 2.89. The summed E-state index contributed by atoms with van der Waals surface area (Å²) in [4.78, 5) is 12.6. The van der Waals surface area contributed by atoms with E-state index in [4.69, 9.17) is 16.3 Å². The van der Waals surface area contributed by atoms with E-state index >= 15 is 0 Å². The van der Waals surface area contributed by atoms with E-state index in [0.29, 0.717) is 17.0 Å². The number of hydrogen-bond donors (Lipinski definition) is 4. The number of nitrogens with zero attached hydrogens (tertiary/aromatic N) is 4. The van der Waals surface area contributed by atoms with Gasteiger partial charge in [-0.3, -0.25) is 4.57 Å². The highest BCUT2D eigenvalue weighted by atomic mass is 35.5. The van der Waals surface area contributed by atoms with Crippen molar-refractivity contribution in [1.82, 2.24) is 19.5 Å². The average Bonchev–Trinajstić information content (AvgIpc) is 3.17. The summed E-state index contributed by atoms with van der Waals surface area (Å²) in [6.07, 6.45) is -2.90. The van der Waals surface area contributed by atoms with Gasteiger partial charge in [-0.05, 0) is 23.7 Å². The van der Waals surface area contributed by atoms with Gasteiger partial charge in [0.05, 0.1) is 12.9 Å². The lowest BCUT2D eigenvalue weighted by Gasteiger charge is -2.16. The first-order valence-electron chi connectivity index (χ1n) is 7.93. The molecular weight excluding hydrogens is 362 g/mol. The number of hydrogen-bond acceptors (Lipinski definition) is 8. The average molecular weight is 378 g/mol. The highest BCUT2D eigenvalue weighted by Gasteiger charge is 2.44. The summed E-state index contributed by atoms with van der Waals surface area (Å²) in [5.74, 6) is 0.400. The van der Waals surface area contributed by atoms with Crippen molar-refractivity contribution in [2.24, 2.45) is 0 Å². The number of aromatic nitrogens is 4. The highest BCUT2D eigenvalue weighted by molar-refractivity contribution is 6.28. The minimum Gasteiger partial charge on any atom is -0.394 e. The van der Waals surface area contributed by atoms with Crippen LogP contribution in [-0.2, 0) is 4.74 Å². The van der Waals surface area contributed by atoms with Crippen molar-refractivity contribution in [1.29, 1.82) is 0 Å². The van der Waals surface area contributed by atoms with Gasteiger partial charge in [0.1, 0.15) is 18.3 Å². The summed E-state index contributed by atoms with van der Waals surface area (Å²) >= 11 is 6.05. The number of rotatable bonds is 4. The van der Waals surface area contributed by atoms with Gasteiger partial charge in [0.15, 0.2) is 23.2 Å². The molecule has 0 spiro atoms. The fourth-order valence-corrected chi connectivity index (χ4v) is 3.10. The number of nitrogens with one attached hydrogen (secondary N) is 1. The molecule has 0 radical (unpaired) electrons. The number of aliphatic hydroxyl groups excluding tert-OH is 3. The van der Waals surface area contributed by atoms with Crippen LogP contribution in [0, 0.1) is 0 Å². The normalized spacial score (nSPS) is 25.7. The Morgan fingerprint density at radius 3 is 2.62 bits per heavy atom. The number of imidazole rings is 1. The Hall–Kier alpha value is -2.30. The Bertz CT molecular complexity index is 922. The van der Waals surface area contributed by atoms with E-state index in [1.807, 2.05) is 30.3 Å². The molecule has 3 aromatic rings. The van der Waals surface area contributed by atoms with E-state index < -0.39 is 31.1 Å². The van der Waals surface area contributed by atoms with Crippen molar-refractivity contribution in [2.75, 3.05) is 11.9 Å². The molecule has 0 unspecified atom stereocenters. The van der Waals surface area contributed by atoms with Crippen LogP contribution in [0.25, 0.3) is 11.2 Å². The second kappa shape index (κ2) is 6.78. The number of aliphatic hydroxyl groups is 3. The van der Waals surface area contributed by atoms with Crippen molar-refractivity contribution in [3.05, 3.63) is 41.9 Å². The maximum Gasteiger partial charge on any atom is 0.226 e. The van der Waals surface area contributed by atoms with Crippen molar-refractivity contribution in [3.63, 3.8) is 0 Å². The number of ether oxygens (including phenoxy) is 1. The standard InChI is InChI=1S/C16H16ClN5O4/c17-16-20-13(19-8-4-2-1-3-5-8)10-14(21-16)22(7-18-10)15-12(25)11(24)9(6-23)26-15/h1-5,7,9,11-12,15,23-25H,6H2,(H,19,20,21)/t9-,11+,12-,15-/m1/s1. The number of anilines is 2. The Labute approximate surface area is 152 Å². The van der Waals surface area contributed by atoms with E-state index in [9.17, 15) is 15.3 Å². The first-order chi connectivity index (χ1) is 12.6. The minimum atomic E-state index is -1.25. The Morgan fingerprint density at radius 2 is 1.92 bits per heavy atom. The van der Waals surface area contributed by atoms with Crippen LogP contribution in [0.2, 0.25) is 5.28 Å². The monoisotopic (exact) mass is 377 g/mol. The van der Waals surface area contributed by atoms with Crippen molar-refractivity contribution >= 4 is 34.3 Å². The second-order valence-electron chi connectivity index (χ2n) is 5.89. The van der Waals surface area contributed by atoms with Crippen LogP contribution in [0.4, 0.5) is 11.5 Å². The van der Waals surface area contributed by atoms with Gasteiger partial charge in [0, 0.05) is 5.69 Å². The molecule has 4 N–H and O–H groups in total. The predicted molar refractivity (Wildman–Crippen MR) is 93.1 cm³/mol. The van der Waals surface area contributed by atoms with Gasteiger partial charge in [0.25, 0.3) is 0 Å². The maximum absolute atomic E-state index is 10.2. The van der Waals surface area contributed by atoms with E-state index in [2.05, 4.69) is 20.3 Å². The molecule has 0 aliphatic carbocycles. The van der Waals surface area contributed by atoms with Gasteiger partial charge in [-0.2, -0.15) is 9.97 Å². The zero-order valence-electron chi connectivity index (χ0n) is 13.4. The summed E-state index contributed by atoms with van der Waals surface area (Å²) < 4.78 is 7.00. The Morgan fingerprint density at radius 1 is 1.15 bits per heavy atom. The molecular formula is C16H16ClN5O4. The maximum atomic E-state index is 10.2. The molecule has 0 amide bonds. The SMILES string of the molecule is OC[C@H]1O[C@@H](n2cnc3c(Nc4ccccc4)nc(Cl)nc32)[C@H](O)[C@H]1O. The summed E-state index contributed by atoms with van der Waals surface area (Å²) in [7, 11) is 0. The predicted octanol–water partition coefficient (Wildman–Crippen LogP) is 0.835. The van der Waals surface area contributed by atoms with Crippen LogP contribution in [0.5, 0.6) is 0 Å². The highest BCUT2D eigenvalue weighted by Crippen LogP contribution is 2.33. The first kappa shape index (κ1) is 17.1. The fourth-order valence-electron chi connectivity index (χ4n) is 2.93. The van der Waals surface area contributed by atoms with Crippen LogP contribution >= 0.6 is 11.6 Å². The molecule has 9 nitrogen and oxygen atoms in total. The van der Waals surface area contributed by atoms with Gasteiger partial charge < -0.3 is 25.4 Å². The molecule has 0 saturated carbocycles. The lowest BCUT2D eigenvalue weighted by atomic mass is 10.1. The molecule has 1 aromatic carbocycles. The minimum absolute atomic E-state index is 0.00979. The molecule has 2 aromatic heterocycles. The third-order valence-electron chi connectivity index (χ3n) is 4.22. The summed E-state index contributed by atoms with van der Waals surface area (Å²) in [5, 5.41) is 32.6. The van der Waals surface area contributed by atoms with Crippen LogP contribution in [-0.4, -0.2) is 59.8 Å². The van der Waals surface area contributed by atoms with Gasteiger partial charge in [0.2, 0.25) is 5.28 Å². The summed E-state index contributed by atoms with van der Waals surface area (Å²) in [6, 6.07) is 9.38. The summed E-state index contributed by atoms with van der Waals surface area (Å²) in [5.41, 5.74) is 1.56. The number of benzene rings is 1. The zero-order chi connectivity index (χ0) is 18.3. The molecule has 1 aliphatic rings. The molecule has 26 heavy (non-hydrogen) atoms. The molecule has 1 fully saturated rings.